The number of nitrogens with two attached hydrogens (primary N) is 1. The van der Waals surface area contributed by atoms with E-state index in [9.17, 15) is 0 Å². The second-order valence-corrected chi connectivity index (χ2v) is 7.29. The van der Waals surface area contributed by atoms with Crippen molar-refractivity contribution in [2.75, 3.05) is 0 Å². The Morgan fingerprint density at radius 3 is 1.89 bits per heavy atom. The van der Waals surface area contributed by atoms with Crippen molar-refractivity contribution in [3.8, 4) is 0 Å². The van der Waals surface area contributed by atoms with Gasteiger partial charge < -0.3 is 5.73 Å². The molecule has 0 rings (SSSR count). The van der Waals surface area contributed by atoms with Crippen LogP contribution in [0, 0.1) is 0 Å². The Morgan fingerprint density at radius 2 is 1.78 bits per heavy atom. The van der Waals surface area contributed by atoms with E-state index in [1.54, 1.807) is 0 Å². The van der Waals surface area contributed by atoms with Gasteiger partial charge in [-0.05, 0) is 20.3 Å². The molecule has 0 bridgehead atoms. The molecule has 1 nitrogen and oxygen atoms in total. The standard InChI is InChI=1S/C7H19NSi/c1-7(2,8)5-6-9(3)4/h9H,5-6,8H2,1-4H3. The highest BCUT2D eigenvalue weighted by molar-refractivity contribution is 6.55. The highest BCUT2D eigenvalue weighted by atomic mass is 28.3. The molecule has 0 radical (unpaired) electrons. The number of rotatable bonds is 3. The minimum atomic E-state index is -0.350. The molecule has 2 heteroatoms. The molecule has 0 spiro atoms. The fraction of sp³-hybridized carbons (Fsp3) is 1.00. The summed E-state index contributed by atoms with van der Waals surface area (Å²) in [5.41, 5.74) is 5.87. The van der Waals surface area contributed by atoms with E-state index >= 15 is 0 Å². The van der Waals surface area contributed by atoms with Gasteiger partial charge in [-0.25, -0.2) is 0 Å². The summed E-state index contributed by atoms with van der Waals surface area (Å²) in [7, 11) is -0.350. The minimum Gasteiger partial charge on any atom is -0.326 e. The summed E-state index contributed by atoms with van der Waals surface area (Å²) in [5.74, 6) is 0. The van der Waals surface area contributed by atoms with E-state index in [0.717, 1.165) is 0 Å². The van der Waals surface area contributed by atoms with E-state index in [1.165, 1.54) is 12.5 Å². The zero-order valence-corrected chi connectivity index (χ0v) is 8.22. The molecular weight excluding hydrogens is 126 g/mol. The molecule has 0 saturated heterocycles. The Labute approximate surface area is 60.2 Å². The fourth-order valence-corrected chi connectivity index (χ4v) is 1.98. The zero-order chi connectivity index (χ0) is 7.49. The normalized spacial score (nSPS) is 12.7. The van der Waals surface area contributed by atoms with Crippen molar-refractivity contribution in [2.24, 2.45) is 5.73 Å². The van der Waals surface area contributed by atoms with Crippen molar-refractivity contribution in [3.63, 3.8) is 0 Å². The van der Waals surface area contributed by atoms with Crippen LogP contribution in [0.1, 0.15) is 20.3 Å². The lowest BCUT2D eigenvalue weighted by atomic mass is 10.0. The molecule has 0 saturated carbocycles. The van der Waals surface area contributed by atoms with Gasteiger partial charge in [-0.2, -0.15) is 0 Å². The monoisotopic (exact) mass is 145 g/mol. The maximum atomic E-state index is 5.81. The van der Waals surface area contributed by atoms with Crippen LogP contribution in [-0.4, -0.2) is 14.3 Å². The predicted octanol–water partition coefficient (Wildman–Crippen LogP) is 1.60. The molecule has 0 aromatic heterocycles. The molecule has 0 fully saturated rings. The number of hydrogen-bond acceptors (Lipinski definition) is 1. The Bertz CT molecular complexity index is 73.5. The zero-order valence-electron chi connectivity index (χ0n) is 7.07. The molecule has 0 aromatic rings. The third-order valence-corrected chi connectivity index (χ3v) is 2.81. The van der Waals surface area contributed by atoms with Gasteiger partial charge in [0.1, 0.15) is 0 Å². The predicted molar refractivity (Wildman–Crippen MR) is 46.6 cm³/mol. The minimum absolute atomic E-state index is 0.0667. The lowest BCUT2D eigenvalue weighted by molar-refractivity contribution is 0.499. The molecule has 0 aromatic carbocycles. The molecule has 0 amide bonds. The van der Waals surface area contributed by atoms with Gasteiger partial charge in [-0.15, -0.1) is 0 Å². The van der Waals surface area contributed by atoms with Crippen LogP contribution in [0.2, 0.25) is 19.1 Å². The van der Waals surface area contributed by atoms with Crippen molar-refractivity contribution in [2.45, 2.75) is 44.9 Å². The van der Waals surface area contributed by atoms with Gasteiger partial charge in [0.2, 0.25) is 0 Å². The highest BCUT2D eigenvalue weighted by Crippen LogP contribution is 2.09. The van der Waals surface area contributed by atoms with Gasteiger partial charge in [0.05, 0.1) is 0 Å². The Morgan fingerprint density at radius 1 is 1.33 bits per heavy atom. The molecule has 9 heavy (non-hydrogen) atoms. The second kappa shape index (κ2) is 3.37. The van der Waals surface area contributed by atoms with Gasteiger partial charge in [0.25, 0.3) is 0 Å². The topological polar surface area (TPSA) is 26.0 Å². The van der Waals surface area contributed by atoms with Crippen LogP contribution in [0.25, 0.3) is 0 Å². The molecule has 0 heterocycles. The maximum absolute atomic E-state index is 5.81. The van der Waals surface area contributed by atoms with E-state index in [-0.39, 0.29) is 14.3 Å². The molecule has 56 valence electrons. The van der Waals surface area contributed by atoms with Crippen molar-refractivity contribution in [1.29, 1.82) is 0 Å². The molecule has 0 unspecified atom stereocenters. The molecular formula is C7H19NSi. The van der Waals surface area contributed by atoms with E-state index < -0.39 is 0 Å². The SMILES string of the molecule is C[SiH](C)CCC(C)(C)N. The average Bonchev–Trinajstić information content (AvgIpc) is 1.59. The Balaban J connectivity index is 3.28. The van der Waals surface area contributed by atoms with Gasteiger partial charge in [-0.3, -0.25) is 0 Å². The largest absolute Gasteiger partial charge is 0.326 e. The maximum Gasteiger partial charge on any atom is 0.0306 e. The van der Waals surface area contributed by atoms with Crippen LogP contribution < -0.4 is 5.73 Å². The molecule has 0 aliphatic heterocycles. The third-order valence-electron chi connectivity index (χ3n) is 1.37. The molecule has 2 N–H and O–H groups in total. The smallest absolute Gasteiger partial charge is 0.0306 e. The lowest BCUT2D eigenvalue weighted by Gasteiger charge is -2.18. The van der Waals surface area contributed by atoms with E-state index in [4.69, 9.17) is 5.73 Å². The van der Waals surface area contributed by atoms with Gasteiger partial charge in [0.15, 0.2) is 0 Å². The van der Waals surface area contributed by atoms with Gasteiger partial charge >= 0.3 is 0 Å². The summed E-state index contributed by atoms with van der Waals surface area (Å²) in [6.07, 6.45) is 1.19. The first-order valence-electron chi connectivity index (χ1n) is 3.71. The van der Waals surface area contributed by atoms with Crippen LogP contribution in [0.5, 0.6) is 0 Å². The van der Waals surface area contributed by atoms with Gasteiger partial charge in [0, 0.05) is 14.3 Å². The third kappa shape index (κ3) is 8.18. The van der Waals surface area contributed by atoms with Crippen LogP contribution in [0.4, 0.5) is 0 Å². The summed E-state index contributed by atoms with van der Waals surface area (Å²) in [5, 5.41) is 0. The highest BCUT2D eigenvalue weighted by Gasteiger charge is 2.10. The van der Waals surface area contributed by atoms with E-state index in [0.29, 0.717) is 0 Å². The Kier molecular flexibility index (Phi) is 3.44. The first kappa shape index (κ1) is 9.18. The summed E-state index contributed by atoms with van der Waals surface area (Å²) >= 11 is 0. The molecule has 0 aliphatic rings. The van der Waals surface area contributed by atoms with Crippen LogP contribution >= 0.6 is 0 Å². The summed E-state index contributed by atoms with van der Waals surface area (Å²) in [6, 6.07) is 1.38. The van der Waals surface area contributed by atoms with Crippen LogP contribution in [0.3, 0.4) is 0 Å². The second-order valence-electron chi connectivity index (χ2n) is 3.92. The van der Waals surface area contributed by atoms with Crippen LogP contribution in [-0.2, 0) is 0 Å². The molecule has 0 aliphatic carbocycles. The Hall–Kier alpha value is 0.177. The van der Waals surface area contributed by atoms with Crippen molar-refractivity contribution >= 4 is 8.80 Å². The van der Waals surface area contributed by atoms with E-state index in [2.05, 4.69) is 26.9 Å². The summed E-state index contributed by atoms with van der Waals surface area (Å²) in [4.78, 5) is 0. The average molecular weight is 145 g/mol. The van der Waals surface area contributed by atoms with Crippen molar-refractivity contribution < 1.29 is 0 Å². The van der Waals surface area contributed by atoms with Crippen LogP contribution in [0.15, 0.2) is 0 Å². The summed E-state index contributed by atoms with van der Waals surface area (Å²) in [6.45, 7) is 8.94. The number of hydrogen-bond donors (Lipinski definition) is 1. The van der Waals surface area contributed by atoms with Crippen molar-refractivity contribution in [3.05, 3.63) is 0 Å². The van der Waals surface area contributed by atoms with E-state index in [1.807, 2.05) is 0 Å². The van der Waals surface area contributed by atoms with Gasteiger partial charge in [-0.1, -0.05) is 19.1 Å². The first-order chi connectivity index (χ1) is 3.92. The fourth-order valence-electron chi connectivity index (χ4n) is 0.661. The van der Waals surface area contributed by atoms with Crippen molar-refractivity contribution in [1.82, 2.24) is 0 Å². The first-order valence-corrected chi connectivity index (χ1v) is 6.83. The molecule has 0 atom stereocenters. The summed E-state index contributed by atoms with van der Waals surface area (Å²) < 4.78 is 0. The lowest BCUT2D eigenvalue weighted by Crippen LogP contribution is -2.32. The quantitative estimate of drug-likeness (QED) is 0.600.